The predicted molar refractivity (Wildman–Crippen MR) is 86.6 cm³/mol. The van der Waals surface area contributed by atoms with Crippen molar-refractivity contribution in [1.82, 2.24) is 4.98 Å². The highest BCUT2D eigenvalue weighted by atomic mass is 16.6. The number of non-ortho nitro benzene ring substituents is 1. The van der Waals surface area contributed by atoms with Crippen LogP contribution in [0.1, 0.15) is 11.1 Å². The van der Waals surface area contributed by atoms with Crippen LogP contribution in [0.25, 0.3) is 23.1 Å². The number of aromatic nitrogens is 1. The van der Waals surface area contributed by atoms with Gasteiger partial charge < -0.3 is 4.98 Å². The number of aromatic amines is 1. The van der Waals surface area contributed by atoms with Gasteiger partial charge in [0.1, 0.15) is 0 Å². The average molecular weight is 292 g/mol. The Balaban J connectivity index is 1.99. The van der Waals surface area contributed by atoms with Crippen molar-refractivity contribution in [3.8, 4) is 0 Å². The van der Waals surface area contributed by atoms with E-state index in [9.17, 15) is 14.9 Å². The van der Waals surface area contributed by atoms with Crippen LogP contribution in [0.5, 0.6) is 0 Å². The van der Waals surface area contributed by atoms with Crippen molar-refractivity contribution in [2.24, 2.45) is 0 Å². The molecular formula is C17H12N2O3. The molecule has 0 aliphatic carbocycles. The van der Waals surface area contributed by atoms with E-state index in [4.69, 9.17) is 0 Å². The standard InChI is InChI=1S/C17H12N2O3/c20-17-11-13(15-3-1-2-4-16(15)18-17)8-5-12-6-9-14(10-7-12)19(21)22/h1-11H,(H,18,20). The molecule has 3 aromatic rings. The highest BCUT2D eigenvalue weighted by Crippen LogP contribution is 2.18. The fourth-order valence-corrected chi connectivity index (χ4v) is 2.26. The zero-order valence-corrected chi connectivity index (χ0v) is 11.5. The van der Waals surface area contributed by atoms with E-state index in [-0.39, 0.29) is 11.2 Å². The number of H-pyrrole nitrogens is 1. The quantitative estimate of drug-likeness (QED) is 0.592. The van der Waals surface area contributed by atoms with Gasteiger partial charge in [0.25, 0.3) is 5.69 Å². The number of rotatable bonds is 3. The molecule has 0 amide bonds. The second kappa shape index (κ2) is 5.65. The third-order valence-corrected chi connectivity index (χ3v) is 3.34. The molecule has 0 atom stereocenters. The Bertz CT molecular complexity index is 925. The largest absolute Gasteiger partial charge is 0.322 e. The van der Waals surface area contributed by atoms with Crippen LogP contribution in [0.2, 0.25) is 0 Å². The molecule has 0 spiro atoms. The van der Waals surface area contributed by atoms with Crippen LogP contribution in [0.4, 0.5) is 5.69 Å². The molecule has 1 N–H and O–H groups in total. The summed E-state index contributed by atoms with van der Waals surface area (Å²) in [5, 5.41) is 11.6. The van der Waals surface area contributed by atoms with Gasteiger partial charge in [-0.2, -0.15) is 0 Å². The van der Waals surface area contributed by atoms with E-state index in [1.54, 1.807) is 12.1 Å². The number of hydrogen-bond donors (Lipinski definition) is 1. The Hall–Kier alpha value is -3.21. The maximum Gasteiger partial charge on any atom is 0.269 e. The molecule has 22 heavy (non-hydrogen) atoms. The van der Waals surface area contributed by atoms with Gasteiger partial charge in [-0.05, 0) is 29.3 Å². The van der Waals surface area contributed by atoms with E-state index in [1.807, 2.05) is 36.4 Å². The number of fused-ring (bicyclic) bond motifs is 1. The van der Waals surface area contributed by atoms with Crippen molar-refractivity contribution in [2.45, 2.75) is 0 Å². The van der Waals surface area contributed by atoms with Gasteiger partial charge in [-0.1, -0.05) is 30.4 Å². The normalized spacial score (nSPS) is 11.1. The minimum atomic E-state index is -0.433. The van der Waals surface area contributed by atoms with Gasteiger partial charge in [-0.25, -0.2) is 0 Å². The minimum absolute atomic E-state index is 0.0544. The molecule has 1 heterocycles. The Morgan fingerprint density at radius 3 is 2.45 bits per heavy atom. The number of pyridine rings is 1. The molecule has 1 aromatic heterocycles. The lowest BCUT2D eigenvalue weighted by molar-refractivity contribution is -0.384. The van der Waals surface area contributed by atoms with Crippen molar-refractivity contribution in [3.63, 3.8) is 0 Å². The van der Waals surface area contributed by atoms with Gasteiger partial charge in [0.15, 0.2) is 0 Å². The second-order valence-electron chi connectivity index (χ2n) is 4.82. The smallest absolute Gasteiger partial charge is 0.269 e. The maximum atomic E-state index is 11.7. The molecule has 5 nitrogen and oxygen atoms in total. The average Bonchev–Trinajstić information content (AvgIpc) is 2.52. The van der Waals surface area contributed by atoms with Crippen LogP contribution < -0.4 is 5.56 Å². The fourth-order valence-electron chi connectivity index (χ4n) is 2.26. The predicted octanol–water partition coefficient (Wildman–Crippen LogP) is 3.61. The van der Waals surface area contributed by atoms with Crippen LogP contribution in [0.15, 0.2) is 59.4 Å². The molecule has 0 aliphatic rings. The highest BCUT2D eigenvalue weighted by molar-refractivity contribution is 5.90. The van der Waals surface area contributed by atoms with Crippen LogP contribution in [0, 0.1) is 10.1 Å². The maximum absolute atomic E-state index is 11.7. The summed E-state index contributed by atoms with van der Waals surface area (Å²) in [6, 6.07) is 15.3. The molecule has 0 saturated heterocycles. The molecule has 5 heteroatoms. The number of nitro benzene ring substituents is 1. The van der Waals surface area contributed by atoms with Crippen LogP contribution in [-0.2, 0) is 0 Å². The summed E-state index contributed by atoms with van der Waals surface area (Å²) in [7, 11) is 0. The number of nitro groups is 1. The van der Waals surface area contributed by atoms with Crippen LogP contribution in [0.3, 0.4) is 0 Å². The van der Waals surface area contributed by atoms with Gasteiger partial charge in [-0.3, -0.25) is 14.9 Å². The van der Waals surface area contributed by atoms with E-state index in [2.05, 4.69) is 4.98 Å². The number of hydrogen-bond acceptors (Lipinski definition) is 3. The van der Waals surface area contributed by atoms with Gasteiger partial charge in [0, 0.05) is 29.1 Å². The minimum Gasteiger partial charge on any atom is -0.322 e. The first-order valence-corrected chi connectivity index (χ1v) is 6.68. The van der Waals surface area contributed by atoms with Crippen molar-refractivity contribution >= 4 is 28.7 Å². The van der Waals surface area contributed by atoms with Gasteiger partial charge >= 0.3 is 0 Å². The van der Waals surface area contributed by atoms with E-state index in [0.29, 0.717) is 0 Å². The molecule has 0 unspecified atom stereocenters. The summed E-state index contributed by atoms with van der Waals surface area (Å²) >= 11 is 0. The van der Waals surface area contributed by atoms with Crippen molar-refractivity contribution in [1.29, 1.82) is 0 Å². The summed E-state index contributed by atoms with van der Waals surface area (Å²) in [5.74, 6) is 0. The Kier molecular flexibility index (Phi) is 3.53. The monoisotopic (exact) mass is 292 g/mol. The van der Waals surface area contributed by atoms with Gasteiger partial charge in [0.05, 0.1) is 4.92 Å². The topological polar surface area (TPSA) is 76.0 Å². The van der Waals surface area contributed by atoms with Crippen molar-refractivity contribution < 1.29 is 4.92 Å². The fraction of sp³-hybridized carbons (Fsp3) is 0. The molecule has 0 radical (unpaired) electrons. The van der Waals surface area contributed by atoms with Crippen LogP contribution in [-0.4, -0.2) is 9.91 Å². The summed E-state index contributed by atoms with van der Waals surface area (Å²) < 4.78 is 0. The number of nitrogens with zero attached hydrogens (tertiary/aromatic N) is 1. The summed E-state index contributed by atoms with van der Waals surface area (Å²) in [6.07, 6.45) is 3.66. The van der Waals surface area contributed by atoms with E-state index in [1.165, 1.54) is 18.2 Å². The summed E-state index contributed by atoms with van der Waals surface area (Å²) in [6.45, 7) is 0. The summed E-state index contributed by atoms with van der Waals surface area (Å²) in [4.78, 5) is 24.6. The molecule has 3 rings (SSSR count). The molecule has 108 valence electrons. The zero-order chi connectivity index (χ0) is 15.5. The lowest BCUT2D eigenvalue weighted by Crippen LogP contribution is -2.04. The Labute approximate surface area is 125 Å². The Morgan fingerprint density at radius 2 is 1.73 bits per heavy atom. The SMILES string of the molecule is O=c1cc(C=Cc2ccc([N+](=O)[O-])cc2)c2ccccc2[nH]1. The number of benzene rings is 2. The third kappa shape index (κ3) is 2.78. The number of para-hydroxylation sites is 1. The first-order valence-electron chi connectivity index (χ1n) is 6.68. The van der Waals surface area contributed by atoms with E-state index >= 15 is 0 Å². The van der Waals surface area contributed by atoms with Gasteiger partial charge in [-0.15, -0.1) is 0 Å². The van der Waals surface area contributed by atoms with Crippen molar-refractivity contribution in [2.75, 3.05) is 0 Å². The Morgan fingerprint density at radius 1 is 1.00 bits per heavy atom. The molecule has 0 bridgehead atoms. The molecule has 0 saturated carbocycles. The molecule has 2 aromatic carbocycles. The second-order valence-corrected chi connectivity index (χ2v) is 4.82. The summed E-state index contributed by atoms with van der Waals surface area (Å²) in [5.41, 5.74) is 2.30. The third-order valence-electron chi connectivity index (χ3n) is 3.34. The van der Waals surface area contributed by atoms with Gasteiger partial charge in [0.2, 0.25) is 5.56 Å². The van der Waals surface area contributed by atoms with Crippen LogP contribution >= 0.6 is 0 Å². The van der Waals surface area contributed by atoms with E-state index < -0.39 is 4.92 Å². The lowest BCUT2D eigenvalue weighted by atomic mass is 10.1. The molecular weight excluding hydrogens is 280 g/mol. The number of nitrogens with one attached hydrogen (secondary N) is 1. The van der Waals surface area contributed by atoms with E-state index in [0.717, 1.165) is 22.0 Å². The van der Waals surface area contributed by atoms with Crippen molar-refractivity contribution in [3.05, 3.63) is 86.2 Å². The molecule has 0 aliphatic heterocycles. The lowest BCUT2D eigenvalue weighted by Gasteiger charge is -2.01. The first-order chi connectivity index (χ1) is 10.6. The zero-order valence-electron chi connectivity index (χ0n) is 11.5. The first kappa shape index (κ1) is 13.8. The molecule has 0 fully saturated rings. The highest BCUT2D eigenvalue weighted by Gasteiger charge is 2.03.